The van der Waals surface area contributed by atoms with Gasteiger partial charge in [-0.05, 0) is 76.0 Å². The van der Waals surface area contributed by atoms with Crippen molar-refractivity contribution in [3.8, 4) is 11.8 Å². The van der Waals surface area contributed by atoms with E-state index in [1.807, 2.05) is 13.0 Å². The van der Waals surface area contributed by atoms with Crippen LogP contribution < -0.4 is 0 Å². The maximum Gasteiger partial charge on any atom is 0.156 e. The average molecular weight is 427 g/mol. The van der Waals surface area contributed by atoms with Gasteiger partial charge in [0.25, 0.3) is 0 Å². The molecule has 0 radical (unpaired) electrons. The van der Waals surface area contributed by atoms with Crippen LogP contribution in [0.2, 0.25) is 0 Å². The second kappa shape index (κ2) is 7.32. The lowest BCUT2D eigenvalue weighted by Crippen LogP contribution is -2.50. The Kier molecular flexibility index (Phi) is 4.91. The number of benzene rings is 1. The third-order valence-electron chi connectivity index (χ3n) is 9.10. The third kappa shape index (κ3) is 2.94. The van der Waals surface area contributed by atoms with Gasteiger partial charge in [-0.2, -0.15) is 0 Å². The lowest BCUT2D eigenvalue weighted by molar-refractivity contribution is -0.115. The zero-order valence-corrected chi connectivity index (χ0v) is 19.8. The zero-order valence-electron chi connectivity index (χ0n) is 19.8. The number of hydrogen-bond acceptors (Lipinski definition) is 2. The molecule has 0 aromatic heterocycles. The van der Waals surface area contributed by atoms with Crippen molar-refractivity contribution in [2.45, 2.75) is 71.8 Å². The van der Waals surface area contributed by atoms with E-state index in [0.717, 1.165) is 32.1 Å². The van der Waals surface area contributed by atoms with Gasteiger partial charge in [-0.25, -0.2) is 0 Å². The van der Waals surface area contributed by atoms with Crippen LogP contribution in [-0.4, -0.2) is 16.5 Å². The summed E-state index contributed by atoms with van der Waals surface area (Å²) in [6.45, 7) is 8.38. The van der Waals surface area contributed by atoms with E-state index in [4.69, 9.17) is 0 Å². The Hall–Kier alpha value is -2.37. The molecule has 0 saturated heterocycles. The Bertz CT molecular complexity index is 1120. The number of ketones is 1. The van der Waals surface area contributed by atoms with Crippen molar-refractivity contribution >= 4 is 5.78 Å². The molecule has 1 N–H and O–H groups in total. The molecule has 0 bridgehead atoms. The molecule has 1 aromatic rings. The highest BCUT2D eigenvalue weighted by molar-refractivity contribution is 5.93. The summed E-state index contributed by atoms with van der Waals surface area (Å²) in [6, 6.07) is 8.89. The topological polar surface area (TPSA) is 37.3 Å². The Morgan fingerprint density at radius 3 is 2.62 bits per heavy atom. The fourth-order valence-corrected chi connectivity index (χ4v) is 7.31. The molecule has 0 heterocycles. The molecule has 5 rings (SSSR count). The first-order valence-electron chi connectivity index (χ1n) is 12.1. The molecule has 4 aliphatic carbocycles. The van der Waals surface area contributed by atoms with Gasteiger partial charge in [-0.1, -0.05) is 66.0 Å². The van der Waals surface area contributed by atoms with Gasteiger partial charge in [-0.3, -0.25) is 4.79 Å². The van der Waals surface area contributed by atoms with E-state index in [1.165, 1.54) is 27.8 Å². The molecule has 166 valence electrons. The quantitative estimate of drug-likeness (QED) is 0.473. The molecule has 2 nitrogen and oxygen atoms in total. The summed E-state index contributed by atoms with van der Waals surface area (Å²) in [5.41, 5.74) is 5.28. The number of carbonyl (C=O) groups excluding carboxylic acids is 1. The van der Waals surface area contributed by atoms with Crippen LogP contribution in [0.3, 0.4) is 0 Å². The second-order valence-electron chi connectivity index (χ2n) is 10.8. The van der Waals surface area contributed by atoms with E-state index in [9.17, 15) is 9.90 Å². The van der Waals surface area contributed by atoms with Gasteiger partial charge in [0.2, 0.25) is 0 Å². The summed E-state index contributed by atoms with van der Waals surface area (Å²) in [5, 5.41) is 11.5. The van der Waals surface area contributed by atoms with Gasteiger partial charge < -0.3 is 5.11 Å². The molecule has 0 spiro atoms. The molecule has 0 aliphatic heterocycles. The average Bonchev–Trinajstić information content (AvgIpc) is 3.02. The van der Waals surface area contributed by atoms with Gasteiger partial charge in [0.15, 0.2) is 5.78 Å². The molecule has 0 unspecified atom stereocenters. The minimum absolute atomic E-state index is 0.120. The second-order valence-corrected chi connectivity index (χ2v) is 10.8. The van der Waals surface area contributed by atoms with Crippen LogP contribution in [0.5, 0.6) is 0 Å². The predicted octanol–water partition coefficient (Wildman–Crippen LogP) is 5.89. The van der Waals surface area contributed by atoms with Gasteiger partial charge >= 0.3 is 0 Å². The SMILES string of the molecule is CC#C[C@]1(O)CC[C@H]2[C@@H]3C=C(C)C4=CC(=O)CC[C@]4(Cc4ccc(C)cc4)C3=CC[C@@]21C. The van der Waals surface area contributed by atoms with E-state index in [1.54, 1.807) is 0 Å². The molecule has 4 aliphatic rings. The van der Waals surface area contributed by atoms with Crippen molar-refractivity contribution < 1.29 is 9.90 Å². The minimum Gasteiger partial charge on any atom is -0.377 e. The van der Waals surface area contributed by atoms with E-state index in [-0.39, 0.29) is 16.6 Å². The zero-order chi connectivity index (χ0) is 22.7. The number of rotatable bonds is 2. The summed E-state index contributed by atoms with van der Waals surface area (Å²) in [6.07, 6.45) is 11.8. The summed E-state index contributed by atoms with van der Waals surface area (Å²) in [5.74, 6) is 7.11. The smallest absolute Gasteiger partial charge is 0.156 e. The summed E-state index contributed by atoms with van der Waals surface area (Å²) < 4.78 is 0. The van der Waals surface area contributed by atoms with Crippen LogP contribution in [0, 0.1) is 41.4 Å². The summed E-state index contributed by atoms with van der Waals surface area (Å²) >= 11 is 0. The monoisotopic (exact) mass is 426 g/mol. The highest BCUT2D eigenvalue weighted by Crippen LogP contribution is 2.65. The van der Waals surface area contributed by atoms with E-state index < -0.39 is 5.60 Å². The predicted molar refractivity (Wildman–Crippen MR) is 129 cm³/mol. The number of aliphatic hydroxyl groups is 1. The lowest BCUT2D eigenvalue weighted by atomic mass is 9.50. The third-order valence-corrected chi connectivity index (χ3v) is 9.10. The highest BCUT2D eigenvalue weighted by atomic mass is 16.3. The van der Waals surface area contributed by atoms with Gasteiger partial charge in [0, 0.05) is 23.2 Å². The molecular weight excluding hydrogens is 392 g/mol. The lowest BCUT2D eigenvalue weighted by Gasteiger charge is -2.54. The van der Waals surface area contributed by atoms with Crippen molar-refractivity contribution in [3.63, 3.8) is 0 Å². The van der Waals surface area contributed by atoms with Crippen LogP contribution in [-0.2, 0) is 11.2 Å². The van der Waals surface area contributed by atoms with Crippen molar-refractivity contribution in [1.29, 1.82) is 0 Å². The van der Waals surface area contributed by atoms with Crippen molar-refractivity contribution in [3.05, 3.63) is 70.3 Å². The standard InChI is InChI=1S/C30H34O2/c1-5-13-30(32)16-12-25-24-17-21(3)27-18-23(31)10-15-29(27,26(24)11-14-28(25,30)4)19-22-8-6-20(2)7-9-22/h6-9,11,17-18,24-25,32H,10,12,14-16,19H2,1-4H3/t24-,25-,28-,29-,30-/m0/s1. The first-order chi connectivity index (χ1) is 15.2. The Morgan fingerprint density at radius 2 is 1.91 bits per heavy atom. The number of aryl methyl sites for hydroxylation is 1. The van der Waals surface area contributed by atoms with Gasteiger partial charge in [-0.15, -0.1) is 5.92 Å². The molecule has 1 saturated carbocycles. The normalized spacial score (nSPS) is 37.8. The number of carbonyl (C=O) groups is 1. The van der Waals surface area contributed by atoms with Crippen LogP contribution >= 0.6 is 0 Å². The molecule has 2 heteroatoms. The molecule has 5 atom stereocenters. The van der Waals surface area contributed by atoms with Crippen molar-refractivity contribution in [2.75, 3.05) is 0 Å². The largest absolute Gasteiger partial charge is 0.377 e. The number of hydrogen-bond donors (Lipinski definition) is 1. The fraction of sp³-hybridized carbons (Fsp3) is 0.500. The maximum atomic E-state index is 12.5. The van der Waals surface area contributed by atoms with Crippen molar-refractivity contribution in [1.82, 2.24) is 0 Å². The first kappa shape index (κ1) is 21.5. The van der Waals surface area contributed by atoms with Crippen LogP contribution in [0.15, 0.2) is 59.2 Å². The minimum atomic E-state index is -0.918. The Labute approximate surface area is 192 Å². The van der Waals surface area contributed by atoms with Gasteiger partial charge in [0.1, 0.15) is 5.60 Å². The molecule has 0 amide bonds. The van der Waals surface area contributed by atoms with E-state index in [2.05, 4.69) is 69.0 Å². The summed E-state index contributed by atoms with van der Waals surface area (Å²) in [7, 11) is 0. The summed E-state index contributed by atoms with van der Waals surface area (Å²) in [4.78, 5) is 12.5. The van der Waals surface area contributed by atoms with E-state index >= 15 is 0 Å². The highest BCUT2D eigenvalue weighted by Gasteiger charge is 2.61. The molecule has 1 fully saturated rings. The van der Waals surface area contributed by atoms with Crippen molar-refractivity contribution in [2.24, 2.45) is 22.7 Å². The van der Waals surface area contributed by atoms with E-state index in [0.29, 0.717) is 18.3 Å². The molecular formula is C30H34O2. The maximum absolute atomic E-state index is 12.5. The fourth-order valence-electron chi connectivity index (χ4n) is 7.31. The number of allylic oxidation sites excluding steroid dienone is 6. The Balaban J connectivity index is 1.65. The molecule has 32 heavy (non-hydrogen) atoms. The number of fused-ring (bicyclic) bond motifs is 5. The Morgan fingerprint density at radius 1 is 1.16 bits per heavy atom. The first-order valence-corrected chi connectivity index (χ1v) is 12.1. The van der Waals surface area contributed by atoms with Crippen LogP contribution in [0.4, 0.5) is 0 Å². The van der Waals surface area contributed by atoms with Gasteiger partial charge in [0.05, 0.1) is 0 Å². The molecule has 1 aromatic carbocycles. The van der Waals surface area contributed by atoms with Crippen LogP contribution in [0.25, 0.3) is 0 Å². The van der Waals surface area contributed by atoms with Crippen LogP contribution in [0.1, 0.15) is 64.0 Å².